The van der Waals surface area contributed by atoms with Gasteiger partial charge in [0.15, 0.2) is 0 Å². The Kier molecular flexibility index (Phi) is 4.26. The van der Waals surface area contributed by atoms with Gasteiger partial charge in [-0.25, -0.2) is 9.97 Å². The molecule has 0 aliphatic rings. The van der Waals surface area contributed by atoms with Gasteiger partial charge in [0, 0.05) is 18.0 Å². The lowest BCUT2D eigenvalue weighted by atomic mass is 10.3. The van der Waals surface area contributed by atoms with Gasteiger partial charge in [0.1, 0.15) is 11.8 Å². The van der Waals surface area contributed by atoms with Crippen LogP contribution in [0.3, 0.4) is 0 Å². The van der Waals surface area contributed by atoms with E-state index in [4.69, 9.17) is 0 Å². The zero-order valence-electron chi connectivity index (χ0n) is 14.1. The third-order valence-corrected chi connectivity index (χ3v) is 3.77. The summed E-state index contributed by atoms with van der Waals surface area (Å²) >= 11 is 0. The van der Waals surface area contributed by atoms with Crippen LogP contribution >= 0.6 is 0 Å². The van der Waals surface area contributed by atoms with Crippen molar-refractivity contribution in [2.45, 2.75) is 0 Å². The topological polar surface area (TPSA) is 154 Å². The fourth-order valence-electron chi connectivity index (χ4n) is 2.50. The quantitative estimate of drug-likeness (QED) is 0.386. The third-order valence-electron chi connectivity index (χ3n) is 3.77. The van der Waals surface area contributed by atoms with Crippen LogP contribution in [0.2, 0.25) is 0 Å². The number of anilines is 1. The molecule has 138 valence electrons. The summed E-state index contributed by atoms with van der Waals surface area (Å²) in [5, 5.41) is 19.6. The molecule has 0 fully saturated rings. The minimum atomic E-state index is -0.660. The number of amides is 1. The number of nitrogens with zero attached hydrogens (tertiary/aromatic N) is 7. The number of carbonyl (C=O) groups is 1. The van der Waals surface area contributed by atoms with Crippen LogP contribution in [0.25, 0.3) is 16.9 Å². The highest BCUT2D eigenvalue weighted by Crippen LogP contribution is 2.28. The van der Waals surface area contributed by atoms with Crippen LogP contribution in [0.1, 0.15) is 10.4 Å². The van der Waals surface area contributed by atoms with E-state index in [1.165, 1.54) is 29.2 Å². The highest BCUT2D eigenvalue weighted by Gasteiger charge is 2.26. The van der Waals surface area contributed by atoms with Crippen LogP contribution in [0.15, 0.2) is 55.1 Å². The summed E-state index contributed by atoms with van der Waals surface area (Å²) in [7, 11) is 0. The van der Waals surface area contributed by atoms with E-state index in [1.807, 2.05) is 0 Å². The molecule has 4 rings (SSSR count). The Hall–Kier alpha value is -4.48. The first-order valence-electron chi connectivity index (χ1n) is 7.92. The number of hydrazine groups is 1. The standard InChI is InChI=1S/C16H11N9O3/c26-16(10-5-7-17-8-6-10)22-21-14-13(25(27)28)15(19-9-18-14)24-12-4-2-1-3-11(12)20-23-24/h1-9H,(H,22,26)(H,18,19,21). The van der Waals surface area contributed by atoms with Crippen molar-refractivity contribution in [1.29, 1.82) is 0 Å². The van der Waals surface area contributed by atoms with Gasteiger partial charge < -0.3 is 0 Å². The van der Waals surface area contributed by atoms with E-state index in [0.717, 1.165) is 6.33 Å². The van der Waals surface area contributed by atoms with E-state index in [0.29, 0.717) is 16.6 Å². The molecule has 3 aromatic heterocycles. The minimum absolute atomic E-state index is 0.0886. The number of carbonyl (C=O) groups excluding carboxylic acids is 1. The lowest BCUT2D eigenvalue weighted by Crippen LogP contribution is -2.30. The van der Waals surface area contributed by atoms with Crippen molar-refractivity contribution in [3.05, 3.63) is 70.8 Å². The molecule has 0 aliphatic carbocycles. The number of aromatic nitrogens is 6. The molecule has 0 unspecified atom stereocenters. The number of fused-ring (bicyclic) bond motifs is 1. The number of rotatable bonds is 5. The summed E-state index contributed by atoms with van der Waals surface area (Å²) in [4.78, 5) is 34.8. The van der Waals surface area contributed by atoms with Crippen molar-refractivity contribution >= 4 is 28.4 Å². The molecule has 0 bridgehead atoms. The second kappa shape index (κ2) is 7.03. The molecule has 3 heterocycles. The number of pyridine rings is 1. The third kappa shape index (κ3) is 3.05. The van der Waals surface area contributed by atoms with Crippen molar-refractivity contribution in [2.75, 3.05) is 5.43 Å². The fourth-order valence-corrected chi connectivity index (χ4v) is 2.50. The van der Waals surface area contributed by atoms with Gasteiger partial charge in [-0.1, -0.05) is 17.3 Å². The molecule has 0 aliphatic heterocycles. The van der Waals surface area contributed by atoms with Crippen LogP contribution in [0.4, 0.5) is 11.5 Å². The van der Waals surface area contributed by atoms with Gasteiger partial charge in [-0.05, 0) is 24.3 Å². The molecule has 28 heavy (non-hydrogen) atoms. The molecule has 12 heteroatoms. The lowest BCUT2D eigenvalue weighted by Gasteiger charge is -2.09. The first kappa shape index (κ1) is 17.0. The summed E-state index contributed by atoms with van der Waals surface area (Å²) in [6.07, 6.45) is 4.03. The van der Waals surface area contributed by atoms with Gasteiger partial charge in [0.25, 0.3) is 5.91 Å². The van der Waals surface area contributed by atoms with Gasteiger partial charge >= 0.3 is 5.69 Å². The molecule has 1 aromatic carbocycles. The molecular formula is C16H11N9O3. The van der Waals surface area contributed by atoms with Crippen molar-refractivity contribution in [1.82, 2.24) is 35.4 Å². The van der Waals surface area contributed by atoms with Crippen LogP contribution in [0, 0.1) is 10.1 Å². The summed E-state index contributed by atoms with van der Waals surface area (Å²) in [5.74, 6) is -0.797. The van der Waals surface area contributed by atoms with Crippen molar-refractivity contribution in [3.8, 4) is 5.82 Å². The average Bonchev–Trinajstić information content (AvgIpc) is 3.16. The van der Waals surface area contributed by atoms with Gasteiger partial charge in [0.2, 0.25) is 11.6 Å². The van der Waals surface area contributed by atoms with E-state index in [1.54, 1.807) is 24.3 Å². The van der Waals surface area contributed by atoms with Crippen LogP contribution in [0.5, 0.6) is 0 Å². The van der Waals surface area contributed by atoms with Crippen molar-refractivity contribution < 1.29 is 9.72 Å². The Labute approximate surface area is 156 Å². The van der Waals surface area contributed by atoms with Crippen LogP contribution in [-0.4, -0.2) is 40.8 Å². The Balaban J connectivity index is 1.70. The van der Waals surface area contributed by atoms with E-state index in [9.17, 15) is 14.9 Å². The summed E-state index contributed by atoms with van der Waals surface area (Å²) in [6, 6.07) is 9.96. The molecule has 12 nitrogen and oxygen atoms in total. The number of nitrogens with one attached hydrogen (secondary N) is 2. The summed E-state index contributed by atoms with van der Waals surface area (Å²) in [5.41, 5.74) is 5.78. The summed E-state index contributed by atoms with van der Waals surface area (Å²) < 4.78 is 1.24. The minimum Gasteiger partial charge on any atom is -0.276 e. The zero-order valence-corrected chi connectivity index (χ0v) is 14.1. The van der Waals surface area contributed by atoms with Gasteiger partial charge in [-0.15, -0.1) is 5.10 Å². The number of benzene rings is 1. The van der Waals surface area contributed by atoms with Gasteiger partial charge in [-0.3, -0.25) is 30.7 Å². The number of nitro groups is 1. The Morgan fingerprint density at radius 1 is 1.11 bits per heavy atom. The number of para-hydroxylation sites is 1. The highest BCUT2D eigenvalue weighted by molar-refractivity contribution is 5.94. The zero-order chi connectivity index (χ0) is 19.5. The highest BCUT2D eigenvalue weighted by atomic mass is 16.6. The smallest absolute Gasteiger partial charge is 0.276 e. The Morgan fingerprint density at radius 3 is 2.68 bits per heavy atom. The maximum absolute atomic E-state index is 12.1. The van der Waals surface area contributed by atoms with Crippen LogP contribution < -0.4 is 10.9 Å². The maximum Gasteiger partial charge on any atom is 0.357 e. The molecule has 0 atom stereocenters. The largest absolute Gasteiger partial charge is 0.357 e. The molecule has 4 aromatic rings. The molecule has 0 spiro atoms. The Bertz CT molecular complexity index is 1180. The van der Waals surface area contributed by atoms with Gasteiger partial charge in [-0.2, -0.15) is 4.68 Å². The Morgan fingerprint density at radius 2 is 1.89 bits per heavy atom. The number of hydrogen-bond acceptors (Lipinski definition) is 9. The molecule has 0 saturated heterocycles. The van der Waals surface area contributed by atoms with Crippen LogP contribution in [-0.2, 0) is 0 Å². The predicted octanol–water partition coefficient (Wildman–Crippen LogP) is 1.27. The lowest BCUT2D eigenvalue weighted by molar-refractivity contribution is -0.384. The van der Waals surface area contributed by atoms with E-state index in [2.05, 4.69) is 36.1 Å². The first-order chi connectivity index (χ1) is 13.6. The monoisotopic (exact) mass is 377 g/mol. The normalized spacial score (nSPS) is 10.6. The van der Waals surface area contributed by atoms with E-state index >= 15 is 0 Å². The molecule has 1 amide bonds. The average molecular weight is 377 g/mol. The van der Waals surface area contributed by atoms with E-state index in [-0.39, 0.29) is 11.6 Å². The number of hydrogen-bond donors (Lipinski definition) is 2. The second-order valence-corrected chi connectivity index (χ2v) is 5.46. The SMILES string of the molecule is O=C(NNc1ncnc(-n2nnc3ccccc32)c1[N+](=O)[O-])c1ccncc1. The fraction of sp³-hybridized carbons (Fsp3) is 0. The van der Waals surface area contributed by atoms with Gasteiger partial charge in [0.05, 0.1) is 10.4 Å². The maximum atomic E-state index is 12.1. The predicted molar refractivity (Wildman–Crippen MR) is 96.4 cm³/mol. The second-order valence-electron chi connectivity index (χ2n) is 5.46. The van der Waals surface area contributed by atoms with Crippen molar-refractivity contribution in [3.63, 3.8) is 0 Å². The molecular weight excluding hydrogens is 366 g/mol. The molecule has 0 saturated carbocycles. The van der Waals surface area contributed by atoms with E-state index < -0.39 is 16.5 Å². The summed E-state index contributed by atoms with van der Waals surface area (Å²) in [6.45, 7) is 0. The van der Waals surface area contributed by atoms with Crippen molar-refractivity contribution in [2.24, 2.45) is 0 Å². The molecule has 0 radical (unpaired) electrons. The first-order valence-corrected chi connectivity index (χ1v) is 7.92. The molecule has 2 N–H and O–H groups in total.